The van der Waals surface area contributed by atoms with Crippen LogP contribution in [0, 0.1) is 5.82 Å². The summed E-state index contributed by atoms with van der Waals surface area (Å²) in [6, 6.07) is 19.0. The number of benzene rings is 3. The molecule has 0 aliphatic rings. The second kappa shape index (κ2) is 10.1. The number of fused-ring (bicyclic) bond motifs is 1. The van der Waals surface area contributed by atoms with E-state index in [-0.39, 0.29) is 28.9 Å². The SMILES string of the molecule is Nc1nc(SCC(=O)OCc2cccc3ccccc23)ncc1C(=O)Nc1ccc(F)cc1. The van der Waals surface area contributed by atoms with Crippen molar-refractivity contribution in [3.8, 4) is 0 Å². The first-order valence-electron chi connectivity index (χ1n) is 9.94. The minimum atomic E-state index is -0.523. The number of carbonyl (C=O) groups is 2. The van der Waals surface area contributed by atoms with E-state index in [4.69, 9.17) is 10.5 Å². The first-order chi connectivity index (χ1) is 16.0. The number of halogens is 1. The summed E-state index contributed by atoms with van der Waals surface area (Å²) in [6.45, 7) is 0.159. The Bertz CT molecular complexity index is 1310. The van der Waals surface area contributed by atoms with Crippen LogP contribution < -0.4 is 11.1 Å². The Hall–Kier alpha value is -3.98. The lowest BCUT2D eigenvalue weighted by atomic mass is 10.1. The normalized spacial score (nSPS) is 10.7. The summed E-state index contributed by atoms with van der Waals surface area (Å²) in [5.41, 5.74) is 7.29. The molecule has 0 saturated heterocycles. The van der Waals surface area contributed by atoms with Crippen LogP contribution in [-0.2, 0) is 16.1 Å². The quantitative estimate of drug-likeness (QED) is 0.238. The van der Waals surface area contributed by atoms with Crippen molar-refractivity contribution in [3.05, 3.63) is 89.9 Å². The summed E-state index contributed by atoms with van der Waals surface area (Å²) in [5, 5.41) is 4.95. The van der Waals surface area contributed by atoms with Gasteiger partial charge in [-0.1, -0.05) is 54.2 Å². The van der Waals surface area contributed by atoms with Crippen molar-refractivity contribution in [2.45, 2.75) is 11.8 Å². The van der Waals surface area contributed by atoms with E-state index in [9.17, 15) is 14.0 Å². The number of nitrogen functional groups attached to an aromatic ring is 1. The molecule has 0 unspecified atom stereocenters. The molecule has 0 aliphatic carbocycles. The van der Waals surface area contributed by atoms with E-state index >= 15 is 0 Å². The Kier molecular flexibility index (Phi) is 6.80. The number of nitrogens with zero attached hydrogens (tertiary/aromatic N) is 2. The number of nitrogens with one attached hydrogen (secondary N) is 1. The zero-order chi connectivity index (χ0) is 23.2. The lowest BCUT2D eigenvalue weighted by Gasteiger charge is -2.09. The molecule has 166 valence electrons. The van der Waals surface area contributed by atoms with Crippen molar-refractivity contribution in [1.82, 2.24) is 9.97 Å². The number of rotatable bonds is 7. The van der Waals surface area contributed by atoms with Gasteiger partial charge < -0.3 is 15.8 Å². The summed E-state index contributed by atoms with van der Waals surface area (Å²) in [5.74, 6) is -1.40. The molecule has 33 heavy (non-hydrogen) atoms. The molecule has 9 heteroatoms. The highest BCUT2D eigenvalue weighted by Crippen LogP contribution is 2.21. The number of esters is 1. The molecule has 0 spiro atoms. The average molecular weight is 463 g/mol. The van der Waals surface area contributed by atoms with Crippen LogP contribution in [0.15, 0.2) is 78.1 Å². The van der Waals surface area contributed by atoms with Crippen LogP contribution in [0.1, 0.15) is 15.9 Å². The van der Waals surface area contributed by atoms with Crippen LogP contribution in [-0.4, -0.2) is 27.6 Å². The molecular formula is C24H19FN4O3S. The third-order valence-electron chi connectivity index (χ3n) is 4.73. The van der Waals surface area contributed by atoms with Gasteiger partial charge in [0.1, 0.15) is 23.8 Å². The maximum absolute atomic E-state index is 13.0. The standard InChI is InChI=1S/C24H19FN4O3S/c25-17-8-10-18(11-9-17)28-23(31)20-12-27-24(29-22(20)26)33-14-21(30)32-13-16-6-3-5-15-4-1-2-7-19(15)16/h1-12H,13-14H2,(H,28,31)(H2,26,27,29). The van der Waals surface area contributed by atoms with Gasteiger partial charge in [0.05, 0.1) is 5.75 Å². The Labute approximate surface area is 193 Å². The molecule has 1 amide bonds. The van der Waals surface area contributed by atoms with E-state index in [2.05, 4.69) is 15.3 Å². The van der Waals surface area contributed by atoms with Crippen LogP contribution in [0.5, 0.6) is 0 Å². The van der Waals surface area contributed by atoms with Gasteiger partial charge in [0.25, 0.3) is 5.91 Å². The number of ether oxygens (including phenoxy) is 1. The van der Waals surface area contributed by atoms with Gasteiger partial charge in [-0.3, -0.25) is 9.59 Å². The van der Waals surface area contributed by atoms with Crippen molar-refractivity contribution in [2.75, 3.05) is 16.8 Å². The molecule has 0 saturated carbocycles. The Balaban J connectivity index is 1.32. The second-order valence-electron chi connectivity index (χ2n) is 7.00. The highest BCUT2D eigenvalue weighted by Gasteiger charge is 2.15. The molecule has 0 fully saturated rings. The second-order valence-corrected chi connectivity index (χ2v) is 7.94. The number of aromatic nitrogens is 2. The zero-order valence-corrected chi connectivity index (χ0v) is 18.1. The van der Waals surface area contributed by atoms with Crippen molar-refractivity contribution in [1.29, 1.82) is 0 Å². The molecule has 1 aromatic heterocycles. The maximum Gasteiger partial charge on any atom is 0.316 e. The Morgan fingerprint density at radius 2 is 1.79 bits per heavy atom. The number of hydrogen-bond acceptors (Lipinski definition) is 7. The summed E-state index contributed by atoms with van der Waals surface area (Å²) in [6.07, 6.45) is 1.28. The largest absolute Gasteiger partial charge is 0.460 e. The van der Waals surface area contributed by atoms with Crippen molar-refractivity contribution in [3.63, 3.8) is 0 Å². The number of hydrogen-bond donors (Lipinski definition) is 2. The Morgan fingerprint density at radius 1 is 1.03 bits per heavy atom. The summed E-state index contributed by atoms with van der Waals surface area (Å²) in [7, 11) is 0. The van der Waals surface area contributed by atoms with Crippen LogP contribution >= 0.6 is 11.8 Å². The van der Waals surface area contributed by atoms with Gasteiger partial charge in [0.2, 0.25) is 0 Å². The van der Waals surface area contributed by atoms with Gasteiger partial charge in [0.15, 0.2) is 5.16 Å². The third-order valence-corrected chi connectivity index (χ3v) is 5.57. The number of nitrogens with two attached hydrogens (primary N) is 1. The first kappa shape index (κ1) is 22.2. The molecule has 0 bridgehead atoms. The van der Waals surface area contributed by atoms with Gasteiger partial charge in [-0.2, -0.15) is 0 Å². The van der Waals surface area contributed by atoms with E-state index in [0.29, 0.717) is 5.69 Å². The minimum Gasteiger partial charge on any atom is -0.460 e. The summed E-state index contributed by atoms with van der Waals surface area (Å²) < 4.78 is 18.4. The van der Waals surface area contributed by atoms with E-state index < -0.39 is 17.7 Å². The lowest BCUT2D eigenvalue weighted by molar-refractivity contribution is -0.141. The number of carbonyl (C=O) groups excluding carboxylic acids is 2. The van der Waals surface area contributed by atoms with Gasteiger partial charge in [-0.25, -0.2) is 14.4 Å². The molecule has 1 heterocycles. The molecule has 3 N–H and O–H groups in total. The fourth-order valence-electron chi connectivity index (χ4n) is 3.10. The molecule has 0 radical (unpaired) electrons. The third kappa shape index (κ3) is 5.64. The van der Waals surface area contributed by atoms with E-state index in [0.717, 1.165) is 28.1 Å². The van der Waals surface area contributed by atoms with E-state index in [1.54, 1.807) is 0 Å². The van der Waals surface area contributed by atoms with Crippen LogP contribution in [0.2, 0.25) is 0 Å². The topological polar surface area (TPSA) is 107 Å². The fourth-order valence-corrected chi connectivity index (χ4v) is 3.72. The molecule has 7 nitrogen and oxygen atoms in total. The van der Waals surface area contributed by atoms with E-state index in [1.807, 2.05) is 42.5 Å². The predicted molar refractivity (Wildman–Crippen MR) is 125 cm³/mol. The first-order valence-corrected chi connectivity index (χ1v) is 10.9. The van der Waals surface area contributed by atoms with Crippen LogP contribution in [0.25, 0.3) is 10.8 Å². The molecule has 4 aromatic rings. The lowest BCUT2D eigenvalue weighted by Crippen LogP contribution is -2.16. The highest BCUT2D eigenvalue weighted by molar-refractivity contribution is 7.99. The van der Waals surface area contributed by atoms with Gasteiger partial charge >= 0.3 is 5.97 Å². The maximum atomic E-state index is 13.0. The minimum absolute atomic E-state index is 0.00860. The molecule has 4 rings (SSSR count). The van der Waals surface area contributed by atoms with Crippen LogP contribution in [0.4, 0.5) is 15.9 Å². The summed E-state index contributed by atoms with van der Waals surface area (Å²) in [4.78, 5) is 32.7. The van der Waals surface area contributed by atoms with Gasteiger partial charge in [-0.05, 0) is 40.6 Å². The van der Waals surface area contributed by atoms with Crippen molar-refractivity contribution in [2.24, 2.45) is 0 Å². The molecule has 0 aliphatic heterocycles. The fraction of sp³-hybridized carbons (Fsp3) is 0.0833. The van der Waals surface area contributed by atoms with Crippen LogP contribution in [0.3, 0.4) is 0 Å². The van der Waals surface area contributed by atoms with Gasteiger partial charge in [-0.15, -0.1) is 0 Å². The number of thioether (sulfide) groups is 1. The monoisotopic (exact) mass is 462 g/mol. The number of amides is 1. The molecular weight excluding hydrogens is 443 g/mol. The van der Waals surface area contributed by atoms with Crippen molar-refractivity contribution < 1.29 is 18.7 Å². The smallest absolute Gasteiger partial charge is 0.316 e. The highest BCUT2D eigenvalue weighted by atomic mass is 32.2. The summed E-state index contributed by atoms with van der Waals surface area (Å²) >= 11 is 1.06. The van der Waals surface area contributed by atoms with E-state index in [1.165, 1.54) is 30.5 Å². The van der Waals surface area contributed by atoms with Gasteiger partial charge in [0, 0.05) is 11.9 Å². The Morgan fingerprint density at radius 3 is 2.58 bits per heavy atom. The number of anilines is 2. The average Bonchev–Trinajstić information content (AvgIpc) is 2.82. The van der Waals surface area contributed by atoms with Crippen molar-refractivity contribution >= 4 is 45.9 Å². The molecule has 0 atom stereocenters. The predicted octanol–water partition coefficient (Wildman–Crippen LogP) is 4.44. The zero-order valence-electron chi connectivity index (χ0n) is 17.3. The molecule has 3 aromatic carbocycles.